The lowest BCUT2D eigenvalue weighted by molar-refractivity contribution is -0.130. The van der Waals surface area contributed by atoms with Crippen LogP contribution in [0.5, 0.6) is 0 Å². The fourth-order valence-corrected chi connectivity index (χ4v) is 3.29. The van der Waals surface area contributed by atoms with Gasteiger partial charge < -0.3 is 14.4 Å². The molecule has 1 N–H and O–H groups in total. The van der Waals surface area contributed by atoms with Gasteiger partial charge in [-0.1, -0.05) is 13.3 Å². The highest BCUT2D eigenvalue weighted by Gasteiger charge is 2.35. The monoisotopic (exact) mass is 322 g/mol. The van der Waals surface area contributed by atoms with Crippen molar-refractivity contribution in [1.29, 1.82) is 0 Å². The molecule has 2 atom stereocenters. The second-order valence-electron chi connectivity index (χ2n) is 6.43. The Hall–Kier alpha value is -1.89. The number of aryl methyl sites for hydroxylation is 1. The Morgan fingerprint density at radius 1 is 1.35 bits per heavy atom. The number of hydrogen-bond acceptors (Lipinski definition) is 4. The van der Waals surface area contributed by atoms with E-state index in [4.69, 9.17) is 0 Å². The van der Waals surface area contributed by atoms with Gasteiger partial charge in [-0.15, -0.1) is 0 Å². The molecule has 128 valence electrons. The third kappa shape index (κ3) is 4.31. The van der Waals surface area contributed by atoms with E-state index in [1.807, 2.05) is 4.90 Å². The predicted molar refractivity (Wildman–Crippen MR) is 88.4 cm³/mol. The smallest absolute Gasteiger partial charge is 0.328 e. The average molecular weight is 322 g/mol. The zero-order chi connectivity index (χ0) is 17.0. The van der Waals surface area contributed by atoms with Crippen LogP contribution in [-0.2, 0) is 11.3 Å². The Balaban J connectivity index is 1.95. The molecule has 7 nitrogen and oxygen atoms in total. The van der Waals surface area contributed by atoms with Gasteiger partial charge >= 0.3 is 5.69 Å². The first kappa shape index (κ1) is 17.5. The average Bonchev–Trinajstić information content (AvgIpc) is 2.91. The van der Waals surface area contributed by atoms with Crippen LogP contribution in [0, 0.1) is 5.92 Å². The summed E-state index contributed by atoms with van der Waals surface area (Å²) in [6.07, 6.45) is 3.93. The molecule has 0 unspecified atom stereocenters. The summed E-state index contributed by atoms with van der Waals surface area (Å²) in [5.74, 6) is 0.573. The molecule has 0 spiro atoms. The number of aromatic amines is 1. The number of rotatable bonds is 6. The highest BCUT2D eigenvalue weighted by molar-refractivity contribution is 5.76. The molecule has 1 aliphatic heterocycles. The van der Waals surface area contributed by atoms with Crippen molar-refractivity contribution in [1.82, 2.24) is 19.4 Å². The van der Waals surface area contributed by atoms with Crippen LogP contribution in [0.15, 0.2) is 21.9 Å². The standard InChI is InChI=1S/C16H26N4O3/c1-4-5-12-10-20(11-13(12)18(2)3)15(22)7-9-19-8-6-14(21)17-16(19)23/h6,8,12-13H,4-5,7,9-11H2,1-3H3,(H,17,21,23)/t12-,13-/m1/s1. The van der Waals surface area contributed by atoms with E-state index in [1.54, 1.807) is 0 Å². The molecule has 1 aromatic rings. The van der Waals surface area contributed by atoms with Crippen LogP contribution in [0.3, 0.4) is 0 Å². The van der Waals surface area contributed by atoms with Crippen molar-refractivity contribution < 1.29 is 4.79 Å². The van der Waals surface area contributed by atoms with Crippen molar-refractivity contribution in [3.63, 3.8) is 0 Å². The molecular formula is C16H26N4O3. The number of amides is 1. The lowest BCUT2D eigenvalue weighted by atomic mass is 9.98. The van der Waals surface area contributed by atoms with Gasteiger partial charge in [-0.3, -0.25) is 14.6 Å². The summed E-state index contributed by atoms with van der Waals surface area (Å²) in [6, 6.07) is 1.69. The van der Waals surface area contributed by atoms with Crippen LogP contribution in [0.25, 0.3) is 0 Å². The van der Waals surface area contributed by atoms with Crippen LogP contribution in [0.1, 0.15) is 26.2 Å². The summed E-state index contributed by atoms with van der Waals surface area (Å²) in [5, 5.41) is 0. The zero-order valence-corrected chi connectivity index (χ0v) is 14.1. The van der Waals surface area contributed by atoms with Gasteiger partial charge in [-0.05, 0) is 26.4 Å². The van der Waals surface area contributed by atoms with Gasteiger partial charge in [0.15, 0.2) is 0 Å². The van der Waals surface area contributed by atoms with Crippen molar-refractivity contribution in [2.45, 2.75) is 38.8 Å². The number of nitrogens with zero attached hydrogens (tertiary/aromatic N) is 3. The number of likely N-dealkylation sites (tertiary alicyclic amines) is 1. The summed E-state index contributed by atoms with van der Waals surface area (Å²) in [7, 11) is 4.11. The number of nitrogens with one attached hydrogen (secondary N) is 1. The maximum atomic E-state index is 12.4. The Kier molecular flexibility index (Phi) is 5.76. The van der Waals surface area contributed by atoms with Gasteiger partial charge in [0.1, 0.15) is 0 Å². The molecule has 0 bridgehead atoms. The molecule has 1 fully saturated rings. The maximum Gasteiger partial charge on any atom is 0.328 e. The van der Waals surface area contributed by atoms with Crippen molar-refractivity contribution in [3.8, 4) is 0 Å². The summed E-state index contributed by atoms with van der Waals surface area (Å²) in [4.78, 5) is 41.4. The van der Waals surface area contributed by atoms with Gasteiger partial charge in [0.25, 0.3) is 5.56 Å². The second kappa shape index (κ2) is 7.59. The minimum Gasteiger partial charge on any atom is -0.341 e. The largest absolute Gasteiger partial charge is 0.341 e. The van der Waals surface area contributed by atoms with E-state index in [9.17, 15) is 14.4 Å². The molecule has 1 aromatic heterocycles. The number of hydrogen-bond donors (Lipinski definition) is 1. The molecule has 1 aliphatic rings. The molecule has 2 heterocycles. The number of likely N-dealkylation sites (N-methyl/N-ethyl adjacent to an activating group) is 1. The Morgan fingerprint density at radius 2 is 2.09 bits per heavy atom. The minimum absolute atomic E-state index is 0.0635. The Labute approximate surface area is 135 Å². The Bertz CT molecular complexity index is 649. The molecule has 0 aromatic carbocycles. The molecule has 0 radical (unpaired) electrons. The van der Waals surface area contributed by atoms with E-state index in [0.29, 0.717) is 12.0 Å². The van der Waals surface area contributed by atoms with Crippen LogP contribution in [0.2, 0.25) is 0 Å². The lowest BCUT2D eigenvalue weighted by Gasteiger charge is -2.24. The number of carbonyl (C=O) groups excluding carboxylic acids is 1. The third-order valence-corrected chi connectivity index (χ3v) is 4.55. The quantitative estimate of drug-likeness (QED) is 0.807. The fraction of sp³-hybridized carbons (Fsp3) is 0.688. The molecule has 0 saturated carbocycles. The van der Waals surface area contributed by atoms with E-state index in [0.717, 1.165) is 25.9 Å². The number of carbonyl (C=O) groups is 1. The maximum absolute atomic E-state index is 12.4. The molecule has 1 amide bonds. The molecule has 0 aliphatic carbocycles. The van der Waals surface area contributed by atoms with Gasteiger partial charge in [0.05, 0.1) is 0 Å². The van der Waals surface area contributed by atoms with E-state index in [2.05, 4.69) is 30.9 Å². The normalized spacial score (nSPS) is 21.1. The SMILES string of the molecule is CCC[C@@H]1CN(C(=O)CCn2ccc(=O)[nH]c2=O)C[C@H]1N(C)C. The van der Waals surface area contributed by atoms with Crippen molar-refractivity contribution >= 4 is 5.91 Å². The van der Waals surface area contributed by atoms with Gasteiger partial charge in [-0.2, -0.15) is 0 Å². The molecular weight excluding hydrogens is 296 g/mol. The highest BCUT2D eigenvalue weighted by Crippen LogP contribution is 2.25. The van der Waals surface area contributed by atoms with E-state index in [1.165, 1.54) is 16.8 Å². The molecule has 1 saturated heterocycles. The lowest BCUT2D eigenvalue weighted by Crippen LogP contribution is -2.37. The fourth-order valence-electron chi connectivity index (χ4n) is 3.29. The van der Waals surface area contributed by atoms with Crippen molar-refractivity contribution in [2.24, 2.45) is 5.92 Å². The topological polar surface area (TPSA) is 78.4 Å². The van der Waals surface area contributed by atoms with Crippen molar-refractivity contribution in [2.75, 3.05) is 27.2 Å². The molecule has 2 rings (SSSR count). The van der Waals surface area contributed by atoms with Crippen molar-refractivity contribution in [3.05, 3.63) is 33.1 Å². The highest BCUT2D eigenvalue weighted by atomic mass is 16.2. The van der Waals surface area contributed by atoms with Crippen LogP contribution in [0.4, 0.5) is 0 Å². The first-order valence-electron chi connectivity index (χ1n) is 8.16. The van der Waals surface area contributed by atoms with Crippen LogP contribution in [-0.4, -0.2) is 58.5 Å². The predicted octanol–water partition coefficient (Wildman–Crippen LogP) is 0.115. The third-order valence-electron chi connectivity index (χ3n) is 4.55. The van der Waals surface area contributed by atoms with Crippen LogP contribution >= 0.6 is 0 Å². The van der Waals surface area contributed by atoms with Gasteiger partial charge in [0, 0.05) is 44.4 Å². The summed E-state index contributed by atoms with van der Waals surface area (Å²) >= 11 is 0. The second-order valence-corrected chi connectivity index (χ2v) is 6.43. The first-order valence-corrected chi connectivity index (χ1v) is 8.16. The Morgan fingerprint density at radius 3 is 2.70 bits per heavy atom. The van der Waals surface area contributed by atoms with Gasteiger partial charge in [-0.25, -0.2) is 4.79 Å². The minimum atomic E-state index is -0.471. The van der Waals surface area contributed by atoms with E-state index >= 15 is 0 Å². The number of H-pyrrole nitrogens is 1. The van der Waals surface area contributed by atoms with E-state index < -0.39 is 11.2 Å². The first-order chi connectivity index (χ1) is 10.9. The summed E-state index contributed by atoms with van der Waals surface area (Å²) in [6.45, 7) is 3.99. The van der Waals surface area contributed by atoms with Crippen LogP contribution < -0.4 is 11.2 Å². The van der Waals surface area contributed by atoms with Gasteiger partial charge in [0.2, 0.25) is 5.91 Å². The number of aromatic nitrogens is 2. The summed E-state index contributed by atoms with van der Waals surface area (Å²) < 4.78 is 1.36. The molecule has 23 heavy (non-hydrogen) atoms. The summed E-state index contributed by atoms with van der Waals surface area (Å²) in [5.41, 5.74) is -0.893. The zero-order valence-electron chi connectivity index (χ0n) is 14.1. The molecule has 7 heteroatoms. The van der Waals surface area contributed by atoms with E-state index in [-0.39, 0.29) is 18.9 Å².